The molecule has 0 amide bonds. The molecule has 1 fully saturated rings. The Morgan fingerprint density at radius 1 is 0.950 bits per heavy atom. The zero-order valence-corrected chi connectivity index (χ0v) is 11.1. The Kier molecular flexibility index (Phi) is 3.68. The lowest BCUT2D eigenvalue weighted by molar-refractivity contribution is -0.122. The first-order valence-corrected chi connectivity index (χ1v) is 6.80. The molecule has 3 nitrogen and oxygen atoms in total. The predicted octanol–water partition coefficient (Wildman–Crippen LogP) is 3.84. The Morgan fingerprint density at radius 2 is 1.65 bits per heavy atom. The van der Waals surface area contributed by atoms with Gasteiger partial charge in [0.25, 0.3) is 0 Å². The number of rotatable bonds is 6. The van der Waals surface area contributed by atoms with Gasteiger partial charge < -0.3 is 9.47 Å². The molecule has 0 spiro atoms. The molecule has 0 aromatic heterocycles. The van der Waals surface area contributed by atoms with Gasteiger partial charge in [0.2, 0.25) is 0 Å². The van der Waals surface area contributed by atoms with E-state index in [9.17, 15) is 4.79 Å². The molecule has 0 N–H and O–H groups in total. The minimum Gasteiger partial charge on any atom is -0.486 e. The minimum atomic E-state index is 0.152. The normalized spacial score (nSPS) is 13.8. The molecule has 1 aliphatic carbocycles. The maximum Gasteiger partial charge on any atom is 0.173 e. The maximum absolute atomic E-state index is 11.6. The van der Waals surface area contributed by atoms with Crippen LogP contribution < -0.4 is 9.47 Å². The van der Waals surface area contributed by atoms with Gasteiger partial charge in [-0.1, -0.05) is 24.3 Å². The molecule has 2 aromatic rings. The van der Waals surface area contributed by atoms with Crippen LogP contribution in [-0.4, -0.2) is 12.4 Å². The lowest BCUT2D eigenvalue weighted by atomic mass is 10.3. The summed E-state index contributed by atoms with van der Waals surface area (Å²) >= 11 is 0. The number of carbonyl (C=O) groups is 1. The predicted molar refractivity (Wildman–Crippen MR) is 76.2 cm³/mol. The Bertz CT molecular complexity index is 588. The molecule has 0 heterocycles. The summed E-state index contributed by atoms with van der Waals surface area (Å²) in [6, 6.07) is 16.9. The number of Topliss-reactive ketones (excluding diaryl/α,β-unsaturated/α-hetero) is 1. The Labute approximate surface area is 118 Å². The third kappa shape index (κ3) is 3.38. The number of carbonyl (C=O) groups excluding carboxylic acids is 1. The van der Waals surface area contributed by atoms with E-state index in [1.807, 2.05) is 48.5 Å². The summed E-state index contributed by atoms with van der Waals surface area (Å²) in [6.45, 7) is 0.152. The molecule has 0 radical (unpaired) electrons. The number of ether oxygens (including phenoxy) is 2. The van der Waals surface area contributed by atoms with E-state index in [1.54, 1.807) is 6.07 Å². The maximum atomic E-state index is 11.6. The van der Waals surface area contributed by atoms with Gasteiger partial charge in [-0.05, 0) is 37.1 Å². The highest BCUT2D eigenvalue weighted by Gasteiger charge is 2.29. The van der Waals surface area contributed by atoms with Crippen molar-refractivity contribution < 1.29 is 14.3 Å². The van der Waals surface area contributed by atoms with Gasteiger partial charge in [0.1, 0.15) is 23.9 Å². The third-order valence-electron chi connectivity index (χ3n) is 3.20. The first-order valence-electron chi connectivity index (χ1n) is 6.80. The Hall–Kier alpha value is -2.29. The molecule has 3 heteroatoms. The van der Waals surface area contributed by atoms with Crippen molar-refractivity contribution in [2.75, 3.05) is 6.61 Å². The molecule has 102 valence electrons. The fraction of sp³-hybridized carbons (Fsp3) is 0.235. The molecule has 1 aliphatic rings. The summed E-state index contributed by atoms with van der Waals surface area (Å²) in [6.07, 6.45) is 2.03. The highest BCUT2D eigenvalue weighted by Crippen LogP contribution is 2.30. The summed E-state index contributed by atoms with van der Waals surface area (Å²) < 4.78 is 11.2. The third-order valence-corrected chi connectivity index (χ3v) is 3.20. The van der Waals surface area contributed by atoms with Gasteiger partial charge in [-0.3, -0.25) is 4.79 Å². The first kappa shape index (κ1) is 12.7. The largest absolute Gasteiger partial charge is 0.486 e. The molecule has 1 saturated carbocycles. The molecule has 20 heavy (non-hydrogen) atoms. The van der Waals surface area contributed by atoms with Crippen molar-refractivity contribution in [3.63, 3.8) is 0 Å². The summed E-state index contributed by atoms with van der Waals surface area (Å²) in [4.78, 5) is 11.6. The van der Waals surface area contributed by atoms with Crippen LogP contribution in [0.2, 0.25) is 0 Å². The molecular formula is C17H16O3. The van der Waals surface area contributed by atoms with Crippen molar-refractivity contribution in [1.29, 1.82) is 0 Å². The Morgan fingerprint density at radius 3 is 2.40 bits per heavy atom. The number of ketones is 1. The van der Waals surface area contributed by atoms with Crippen molar-refractivity contribution in [2.45, 2.75) is 12.8 Å². The lowest BCUT2D eigenvalue weighted by Gasteiger charge is -2.08. The standard InChI is InChI=1S/C17H16O3/c18-17(13-9-10-13)12-19-15-7-4-8-16(11-15)20-14-5-2-1-3-6-14/h1-8,11,13H,9-10,12H2. The fourth-order valence-electron chi connectivity index (χ4n) is 1.93. The zero-order valence-electron chi connectivity index (χ0n) is 11.1. The highest BCUT2D eigenvalue weighted by molar-refractivity contribution is 5.84. The highest BCUT2D eigenvalue weighted by atomic mass is 16.5. The van der Waals surface area contributed by atoms with Crippen molar-refractivity contribution in [3.8, 4) is 17.2 Å². The topological polar surface area (TPSA) is 35.5 Å². The van der Waals surface area contributed by atoms with Crippen LogP contribution in [0.1, 0.15) is 12.8 Å². The van der Waals surface area contributed by atoms with Gasteiger partial charge in [0, 0.05) is 12.0 Å². The van der Waals surface area contributed by atoms with Crippen molar-refractivity contribution in [2.24, 2.45) is 5.92 Å². The van der Waals surface area contributed by atoms with Crippen LogP contribution in [0, 0.1) is 5.92 Å². The number of hydrogen-bond acceptors (Lipinski definition) is 3. The first-order chi connectivity index (χ1) is 9.81. The van der Waals surface area contributed by atoms with Crippen LogP contribution in [0.5, 0.6) is 17.2 Å². The summed E-state index contributed by atoms with van der Waals surface area (Å²) in [5, 5.41) is 0. The molecule has 3 rings (SSSR count). The van der Waals surface area contributed by atoms with E-state index in [0.29, 0.717) is 11.5 Å². The smallest absolute Gasteiger partial charge is 0.173 e. The van der Waals surface area contributed by atoms with E-state index in [2.05, 4.69) is 0 Å². The van der Waals surface area contributed by atoms with E-state index < -0.39 is 0 Å². The number of hydrogen-bond donors (Lipinski definition) is 0. The summed E-state index contributed by atoms with van der Waals surface area (Å²) in [5.74, 6) is 2.57. The second kappa shape index (κ2) is 5.78. The molecule has 0 bridgehead atoms. The molecule has 0 atom stereocenters. The zero-order chi connectivity index (χ0) is 13.8. The molecule has 2 aromatic carbocycles. The number of benzene rings is 2. The van der Waals surface area contributed by atoms with Crippen molar-refractivity contribution in [1.82, 2.24) is 0 Å². The molecule has 0 unspecified atom stereocenters. The van der Waals surface area contributed by atoms with E-state index in [1.165, 1.54) is 0 Å². The summed E-state index contributed by atoms with van der Waals surface area (Å²) in [5.41, 5.74) is 0. The van der Waals surface area contributed by atoms with Crippen LogP contribution >= 0.6 is 0 Å². The van der Waals surface area contributed by atoms with Gasteiger partial charge in [-0.15, -0.1) is 0 Å². The van der Waals surface area contributed by atoms with Gasteiger partial charge >= 0.3 is 0 Å². The van der Waals surface area contributed by atoms with Gasteiger partial charge in [0.15, 0.2) is 5.78 Å². The van der Waals surface area contributed by atoms with E-state index in [-0.39, 0.29) is 18.3 Å². The van der Waals surface area contributed by atoms with E-state index in [0.717, 1.165) is 18.6 Å². The van der Waals surface area contributed by atoms with Gasteiger partial charge in [-0.2, -0.15) is 0 Å². The fourth-order valence-corrected chi connectivity index (χ4v) is 1.93. The molecule has 0 saturated heterocycles. The lowest BCUT2D eigenvalue weighted by Crippen LogP contribution is -2.12. The van der Waals surface area contributed by atoms with Crippen LogP contribution in [0.4, 0.5) is 0 Å². The van der Waals surface area contributed by atoms with Crippen LogP contribution in [0.3, 0.4) is 0 Å². The monoisotopic (exact) mass is 268 g/mol. The van der Waals surface area contributed by atoms with Crippen LogP contribution in [0.25, 0.3) is 0 Å². The second-order valence-electron chi connectivity index (χ2n) is 4.92. The molecular weight excluding hydrogens is 252 g/mol. The van der Waals surface area contributed by atoms with E-state index in [4.69, 9.17) is 9.47 Å². The summed E-state index contributed by atoms with van der Waals surface area (Å²) in [7, 11) is 0. The SMILES string of the molecule is O=C(COc1cccc(Oc2ccccc2)c1)C1CC1. The average Bonchev–Trinajstić information content (AvgIpc) is 3.31. The van der Waals surface area contributed by atoms with Crippen molar-refractivity contribution in [3.05, 3.63) is 54.6 Å². The van der Waals surface area contributed by atoms with Crippen molar-refractivity contribution >= 4 is 5.78 Å². The minimum absolute atomic E-state index is 0.152. The number of para-hydroxylation sites is 1. The van der Waals surface area contributed by atoms with Crippen LogP contribution in [-0.2, 0) is 4.79 Å². The Balaban J connectivity index is 1.61. The average molecular weight is 268 g/mol. The second-order valence-corrected chi connectivity index (χ2v) is 4.92. The van der Waals surface area contributed by atoms with Crippen LogP contribution in [0.15, 0.2) is 54.6 Å². The quantitative estimate of drug-likeness (QED) is 0.798. The van der Waals surface area contributed by atoms with Gasteiger partial charge in [-0.25, -0.2) is 0 Å². The molecule has 0 aliphatic heterocycles. The van der Waals surface area contributed by atoms with E-state index >= 15 is 0 Å². The van der Waals surface area contributed by atoms with Gasteiger partial charge in [0.05, 0.1) is 0 Å².